The fourth-order valence-electron chi connectivity index (χ4n) is 0.833. The lowest BCUT2D eigenvalue weighted by Crippen LogP contribution is -2.42. The predicted octanol–water partition coefficient (Wildman–Crippen LogP) is 0.604. The molecular weight excluding hydrogens is 164 g/mol. The molecule has 1 aromatic carbocycles. The Morgan fingerprint density at radius 3 is 2.33 bits per heavy atom. The summed E-state index contributed by atoms with van der Waals surface area (Å²) in [7, 11) is 6.37. The molecule has 1 N–H and O–H groups in total. The Kier molecular flexibility index (Phi) is 2.89. The first-order chi connectivity index (χ1) is 5.58. The molecule has 1 aromatic rings. The van der Waals surface area contributed by atoms with Gasteiger partial charge in [-0.3, -0.25) is 0 Å². The third-order valence-electron chi connectivity index (χ3n) is 1.48. The van der Waals surface area contributed by atoms with E-state index in [-0.39, 0.29) is 9.84 Å². The first-order valence-electron chi connectivity index (χ1n) is 4.08. The largest absolute Gasteiger partial charge is 0.379 e. The third kappa shape index (κ3) is 3.55. The summed E-state index contributed by atoms with van der Waals surface area (Å²) in [4.78, 5) is 3.48. The minimum atomic E-state index is -0.275. The second-order valence-electron chi connectivity index (χ2n) is 3.91. The van der Waals surface area contributed by atoms with E-state index in [1.165, 1.54) is 5.69 Å². The number of rotatable bonds is 3. The Labute approximate surface area is 76.8 Å². The van der Waals surface area contributed by atoms with E-state index in [0.717, 1.165) is 4.15 Å². The highest BCUT2D eigenvalue weighted by Crippen LogP contribution is 2.03. The predicted molar refractivity (Wildman–Crippen MR) is 55.5 cm³/mol. The molecule has 12 heavy (non-hydrogen) atoms. The Morgan fingerprint density at radius 2 is 1.83 bits per heavy atom. The normalized spacial score (nSPS) is 12.2. The van der Waals surface area contributed by atoms with Crippen molar-refractivity contribution in [1.82, 2.24) is 0 Å². The van der Waals surface area contributed by atoms with Crippen LogP contribution in [0.2, 0.25) is 0 Å². The molecule has 0 aromatic heterocycles. The van der Waals surface area contributed by atoms with Gasteiger partial charge in [-0.1, -0.05) is 12.1 Å². The number of benzene rings is 1. The van der Waals surface area contributed by atoms with Gasteiger partial charge in [0.25, 0.3) is 0 Å². The first-order valence-corrected chi connectivity index (χ1v) is 5.42. The Balaban J connectivity index is 2.44. The lowest BCUT2D eigenvalue weighted by Gasteiger charge is -2.24. The van der Waals surface area contributed by atoms with Gasteiger partial charge in [0.1, 0.15) is 0 Å². The van der Waals surface area contributed by atoms with Gasteiger partial charge in [-0.25, -0.2) is 0 Å². The number of nitrogens with zero attached hydrogens (tertiary/aromatic N) is 1. The molecule has 0 saturated carbocycles. The summed E-state index contributed by atoms with van der Waals surface area (Å²) in [6.07, 6.45) is 0. The van der Waals surface area contributed by atoms with Gasteiger partial charge in [0.15, 0.2) is 0 Å². The zero-order valence-electron chi connectivity index (χ0n) is 7.96. The topological polar surface area (TPSA) is 12.0 Å². The maximum absolute atomic E-state index is 3.48. The Hall–Kier alpha value is -0.803. The van der Waals surface area contributed by atoms with Gasteiger partial charge in [0.2, 0.25) is 0 Å². The maximum Gasteiger partial charge on any atom is 0.364 e. The number of hydrogen-bond acceptors (Lipinski definition) is 1. The van der Waals surface area contributed by atoms with Crippen molar-refractivity contribution in [1.29, 1.82) is 0 Å². The van der Waals surface area contributed by atoms with Crippen LogP contribution >= 0.6 is 0 Å². The molecule has 0 fully saturated rings. The molecule has 65 valence electrons. The fraction of sp³-hybridized carbons (Fsp3) is 0.333. The number of nitrogens with one attached hydrogen (secondary N) is 1. The summed E-state index contributed by atoms with van der Waals surface area (Å²) < 4.78 is 1.05. The minimum absolute atomic E-state index is 0.275. The standard InChI is InChI=1S/C9H16N2Si/c1-11(2,3)12-10-9-7-5-4-6-8-9/h5-8,10H,12H2,1-3H3/q+1. The Bertz CT molecular complexity index is 228. The van der Waals surface area contributed by atoms with Gasteiger partial charge in [-0.2, -0.15) is 0 Å². The van der Waals surface area contributed by atoms with Crippen molar-refractivity contribution in [2.24, 2.45) is 0 Å². The molecule has 2 nitrogen and oxygen atoms in total. The number of anilines is 1. The van der Waals surface area contributed by atoms with E-state index >= 15 is 0 Å². The highest BCUT2D eigenvalue weighted by Gasteiger charge is 2.06. The zero-order chi connectivity index (χ0) is 9.03. The Morgan fingerprint density at radius 1 is 1.25 bits per heavy atom. The molecule has 0 aliphatic rings. The molecule has 0 spiro atoms. The van der Waals surface area contributed by atoms with E-state index < -0.39 is 0 Å². The first kappa shape index (κ1) is 9.29. The SMILES string of the molecule is C[N+](C)(C)[SiH2]Nc1cc[c]cc1. The zero-order valence-corrected chi connectivity index (χ0v) is 9.38. The van der Waals surface area contributed by atoms with Crippen LogP contribution in [0.15, 0.2) is 24.3 Å². The van der Waals surface area contributed by atoms with Crippen molar-refractivity contribution in [3.63, 3.8) is 0 Å². The van der Waals surface area contributed by atoms with Crippen molar-refractivity contribution < 1.29 is 4.15 Å². The summed E-state index contributed by atoms with van der Waals surface area (Å²) in [5, 5.41) is 0. The summed E-state index contributed by atoms with van der Waals surface area (Å²) in [5.41, 5.74) is 1.22. The van der Waals surface area contributed by atoms with Gasteiger partial charge in [-0.15, -0.1) is 0 Å². The van der Waals surface area contributed by atoms with E-state index in [1.54, 1.807) is 0 Å². The van der Waals surface area contributed by atoms with Crippen molar-refractivity contribution in [3.8, 4) is 0 Å². The molecule has 0 bridgehead atoms. The summed E-state index contributed by atoms with van der Waals surface area (Å²) in [6, 6.07) is 11.0. The van der Waals surface area contributed by atoms with E-state index in [4.69, 9.17) is 0 Å². The molecule has 0 atom stereocenters. The molecule has 0 aliphatic carbocycles. The third-order valence-corrected chi connectivity index (χ3v) is 2.99. The van der Waals surface area contributed by atoms with Crippen molar-refractivity contribution >= 4 is 15.5 Å². The quantitative estimate of drug-likeness (QED) is 0.672. The van der Waals surface area contributed by atoms with Gasteiger partial charge in [0.05, 0.1) is 21.1 Å². The molecule has 0 unspecified atom stereocenters. The summed E-state index contributed by atoms with van der Waals surface area (Å²) in [6.45, 7) is 0. The van der Waals surface area contributed by atoms with Crippen LogP contribution < -0.4 is 4.98 Å². The van der Waals surface area contributed by atoms with Gasteiger partial charge >= 0.3 is 9.84 Å². The van der Waals surface area contributed by atoms with Gasteiger partial charge < -0.3 is 9.13 Å². The van der Waals surface area contributed by atoms with Crippen LogP contribution in [0.3, 0.4) is 0 Å². The van der Waals surface area contributed by atoms with Crippen molar-refractivity contribution in [2.75, 3.05) is 26.1 Å². The van der Waals surface area contributed by atoms with Crippen LogP contribution in [0.5, 0.6) is 0 Å². The average Bonchev–Trinajstić information content (AvgIpc) is 2.02. The highest BCUT2D eigenvalue weighted by molar-refractivity contribution is 6.31. The molecule has 0 aliphatic heterocycles. The van der Waals surface area contributed by atoms with Crippen LogP contribution in [0.1, 0.15) is 0 Å². The molecule has 1 radical (unpaired) electrons. The van der Waals surface area contributed by atoms with Crippen molar-refractivity contribution in [3.05, 3.63) is 30.3 Å². The molecule has 0 saturated heterocycles. The van der Waals surface area contributed by atoms with Gasteiger partial charge in [-0.05, 0) is 18.2 Å². The molecule has 3 heteroatoms. The lowest BCUT2D eigenvalue weighted by atomic mass is 10.3. The van der Waals surface area contributed by atoms with E-state index in [2.05, 4.69) is 44.3 Å². The smallest absolute Gasteiger partial charge is 0.364 e. The second-order valence-corrected chi connectivity index (χ2v) is 6.48. The minimum Gasteiger partial charge on any atom is -0.379 e. The second kappa shape index (κ2) is 3.73. The van der Waals surface area contributed by atoms with Crippen LogP contribution in [0.4, 0.5) is 5.69 Å². The lowest BCUT2D eigenvalue weighted by molar-refractivity contribution is -0.755. The van der Waals surface area contributed by atoms with Gasteiger partial charge in [0, 0.05) is 5.69 Å². The maximum atomic E-state index is 3.48. The molecule has 0 heterocycles. The molecule has 1 rings (SSSR count). The van der Waals surface area contributed by atoms with Crippen LogP contribution in [0.25, 0.3) is 0 Å². The summed E-state index contributed by atoms with van der Waals surface area (Å²) >= 11 is 0. The monoisotopic (exact) mass is 180 g/mol. The number of quaternary nitrogens is 1. The number of hydrogen-bond donors (Lipinski definition) is 1. The molecular formula is C9H16N2Si+. The van der Waals surface area contributed by atoms with E-state index in [1.807, 2.05) is 12.1 Å². The van der Waals surface area contributed by atoms with Crippen molar-refractivity contribution in [2.45, 2.75) is 0 Å². The van der Waals surface area contributed by atoms with E-state index in [9.17, 15) is 0 Å². The fourth-order valence-corrected chi connectivity index (χ4v) is 1.73. The average molecular weight is 180 g/mol. The molecule has 0 amide bonds. The van der Waals surface area contributed by atoms with Crippen LogP contribution in [0, 0.1) is 6.07 Å². The highest BCUT2D eigenvalue weighted by atomic mass is 28.2. The van der Waals surface area contributed by atoms with Crippen LogP contribution in [-0.4, -0.2) is 35.1 Å². The summed E-state index contributed by atoms with van der Waals surface area (Å²) in [5.74, 6) is 0. The van der Waals surface area contributed by atoms with Crippen LogP contribution in [-0.2, 0) is 0 Å². The van der Waals surface area contributed by atoms with E-state index in [0.29, 0.717) is 0 Å².